The van der Waals surface area contributed by atoms with Gasteiger partial charge in [-0.05, 0) is 32.3 Å². The second-order valence-electron chi connectivity index (χ2n) is 4.05. The summed E-state index contributed by atoms with van der Waals surface area (Å²) in [5.41, 5.74) is 8.33. The number of carbonyl (C=O) groups is 1. The van der Waals surface area contributed by atoms with Crippen LogP contribution in [0.5, 0.6) is 0 Å². The highest BCUT2D eigenvalue weighted by molar-refractivity contribution is 7.98. The van der Waals surface area contributed by atoms with Gasteiger partial charge in [0.2, 0.25) is 5.91 Å². The van der Waals surface area contributed by atoms with Crippen molar-refractivity contribution in [3.05, 3.63) is 11.4 Å². The van der Waals surface area contributed by atoms with Crippen LogP contribution in [0.3, 0.4) is 0 Å². The van der Waals surface area contributed by atoms with E-state index in [1.807, 2.05) is 27.2 Å². The largest absolute Gasteiger partial charge is 0.322 e. The van der Waals surface area contributed by atoms with Crippen LogP contribution in [0.15, 0.2) is 0 Å². The maximum absolute atomic E-state index is 11.8. The topological polar surface area (TPSA) is 72.9 Å². The van der Waals surface area contributed by atoms with E-state index in [9.17, 15) is 4.79 Å². The fraction of sp³-hybridized carbons (Fsp3) is 0.636. The van der Waals surface area contributed by atoms with Crippen molar-refractivity contribution < 1.29 is 4.79 Å². The summed E-state index contributed by atoms with van der Waals surface area (Å²) in [5, 5.41) is 7.09. The van der Waals surface area contributed by atoms with E-state index in [0.29, 0.717) is 6.42 Å². The zero-order chi connectivity index (χ0) is 13.0. The van der Waals surface area contributed by atoms with Crippen molar-refractivity contribution in [3.8, 4) is 0 Å². The van der Waals surface area contributed by atoms with Crippen LogP contribution in [0.25, 0.3) is 0 Å². The SMILES string of the molecule is CSCC[C@H](N)C(=O)Nc1c(C)nn(C)c1C. The van der Waals surface area contributed by atoms with Gasteiger partial charge in [0.05, 0.1) is 23.1 Å². The molecule has 0 aliphatic rings. The third-order valence-corrected chi connectivity index (χ3v) is 3.37. The van der Waals surface area contributed by atoms with E-state index in [1.54, 1.807) is 16.4 Å². The fourth-order valence-corrected chi connectivity index (χ4v) is 2.04. The Morgan fingerprint density at radius 3 is 2.71 bits per heavy atom. The zero-order valence-corrected chi connectivity index (χ0v) is 11.6. The minimum atomic E-state index is -0.457. The van der Waals surface area contributed by atoms with Gasteiger partial charge >= 0.3 is 0 Å². The quantitative estimate of drug-likeness (QED) is 0.826. The average Bonchev–Trinajstić information content (AvgIpc) is 2.52. The molecule has 96 valence electrons. The van der Waals surface area contributed by atoms with Gasteiger partial charge in [-0.25, -0.2) is 0 Å². The summed E-state index contributed by atoms with van der Waals surface area (Å²) in [6, 6.07) is -0.457. The summed E-state index contributed by atoms with van der Waals surface area (Å²) < 4.78 is 1.75. The molecule has 0 saturated carbocycles. The summed E-state index contributed by atoms with van der Waals surface area (Å²) in [6.45, 7) is 3.79. The lowest BCUT2D eigenvalue weighted by Crippen LogP contribution is -2.36. The Kier molecular flexibility index (Phi) is 5.02. The first-order valence-electron chi connectivity index (χ1n) is 5.53. The van der Waals surface area contributed by atoms with Crippen LogP contribution in [0.4, 0.5) is 5.69 Å². The Labute approximate surface area is 106 Å². The molecule has 1 rings (SSSR count). The van der Waals surface area contributed by atoms with Crippen LogP contribution in [0.2, 0.25) is 0 Å². The van der Waals surface area contributed by atoms with Crippen LogP contribution >= 0.6 is 11.8 Å². The molecule has 6 heteroatoms. The normalized spacial score (nSPS) is 12.5. The van der Waals surface area contributed by atoms with Crippen molar-refractivity contribution in [2.45, 2.75) is 26.3 Å². The second kappa shape index (κ2) is 6.07. The number of carbonyl (C=O) groups excluding carboxylic acids is 1. The number of hydrogen-bond donors (Lipinski definition) is 2. The minimum Gasteiger partial charge on any atom is -0.322 e. The molecule has 1 aromatic rings. The van der Waals surface area contributed by atoms with Gasteiger partial charge in [0.1, 0.15) is 0 Å². The molecule has 17 heavy (non-hydrogen) atoms. The Hall–Kier alpha value is -1.01. The lowest BCUT2D eigenvalue weighted by atomic mass is 10.2. The Morgan fingerprint density at radius 2 is 2.24 bits per heavy atom. The van der Waals surface area contributed by atoms with Gasteiger partial charge in [0, 0.05) is 7.05 Å². The lowest BCUT2D eigenvalue weighted by Gasteiger charge is -2.11. The van der Waals surface area contributed by atoms with Gasteiger partial charge in [0.25, 0.3) is 0 Å². The van der Waals surface area contributed by atoms with Gasteiger partial charge in [0.15, 0.2) is 0 Å². The highest BCUT2D eigenvalue weighted by Gasteiger charge is 2.17. The summed E-state index contributed by atoms with van der Waals surface area (Å²) >= 11 is 1.69. The molecule has 3 N–H and O–H groups in total. The molecule has 0 fully saturated rings. The van der Waals surface area contributed by atoms with E-state index in [-0.39, 0.29) is 5.91 Å². The second-order valence-corrected chi connectivity index (χ2v) is 5.03. The van der Waals surface area contributed by atoms with Gasteiger partial charge in [-0.3, -0.25) is 9.48 Å². The predicted octanol–water partition coefficient (Wildman–Crippen LogP) is 1.06. The van der Waals surface area contributed by atoms with Gasteiger partial charge < -0.3 is 11.1 Å². The van der Waals surface area contributed by atoms with Crippen LogP contribution in [0.1, 0.15) is 17.8 Å². The summed E-state index contributed by atoms with van der Waals surface area (Å²) in [6.07, 6.45) is 2.69. The Morgan fingerprint density at radius 1 is 1.59 bits per heavy atom. The molecule has 0 saturated heterocycles. The van der Waals surface area contributed by atoms with Gasteiger partial charge in [-0.15, -0.1) is 0 Å². The van der Waals surface area contributed by atoms with E-state index in [4.69, 9.17) is 5.73 Å². The molecule has 0 unspecified atom stereocenters. The van der Waals surface area contributed by atoms with Crippen LogP contribution in [-0.2, 0) is 11.8 Å². The van der Waals surface area contributed by atoms with Crippen LogP contribution in [-0.4, -0.2) is 33.7 Å². The molecule has 0 aromatic carbocycles. The summed E-state index contributed by atoms with van der Waals surface area (Å²) in [5.74, 6) is 0.748. The Bertz CT molecular complexity index is 402. The van der Waals surface area contributed by atoms with Crippen molar-refractivity contribution in [3.63, 3.8) is 0 Å². The number of nitrogens with two attached hydrogens (primary N) is 1. The average molecular weight is 256 g/mol. The number of rotatable bonds is 5. The highest BCUT2D eigenvalue weighted by Crippen LogP contribution is 2.18. The molecular weight excluding hydrogens is 236 g/mol. The van der Waals surface area contributed by atoms with Crippen molar-refractivity contribution in [1.29, 1.82) is 0 Å². The number of hydrogen-bond acceptors (Lipinski definition) is 4. The summed E-state index contributed by atoms with van der Waals surface area (Å²) in [7, 11) is 1.85. The Balaban J connectivity index is 2.67. The molecule has 0 radical (unpaired) electrons. The molecule has 1 heterocycles. The highest BCUT2D eigenvalue weighted by atomic mass is 32.2. The molecule has 1 aromatic heterocycles. The third-order valence-electron chi connectivity index (χ3n) is 2.73. The first kappa shape index (κ1) is 14.1. The van der Waals surface area contributed by atoms with Gasteiger partial charge in [-0.2, -0.15) is 16.9 Å². The van der Waals surface area contributed by atoms with E-state index in [1.165, 1.54) is 0 Å². The van der Waals surface area contributed by atoms with Crippen molar-refractivity contribution in [2.75, 3.05) is 17.3 Å². The molecule has 0 aliphatic carbocycles. The van der Waals surface area contributed by atoms with Crippen molar-refractivity contribution in [2.24, 2.45) is 12.8 Å². The molecule has 0 spiro atoms. The molecule has 5 nitrogen and oxygen atoms in total. The van der Waals surface area contributed by atoms with Crippen LogP contribution < -0.4 is 11.1 Å². The summed E-state index contributed by atoms with van der Waals surface area (Å²) in [4.78, 5) is 11.8. The molecule has 1 atom stereocenters. The van der Waals surface area contributed by atoms with Crippen LogP contribution in [0, 0.1) is 13.8 Å². The van der Waals surface area contributed by atoms with Crippen molar-refractivity contribution >= 4 is 23.4 Å². The number of amides is 1. The smallest absolute Gasteiger partial charge is 0.241 e. The molecule has 0 bridgehead atoms. The number of anilines is 1. The zero-order valence-electron chi connectivity index (χ0n) is 10.8. The van der Waals surface area contributed by atoms with E-state index in [2.05, 4.69) is 10.4 Å². The first-order chi connectivity index (χ1) is 7.97. The standard InChI is InChI=1S/C11H20N4OS/c1-7-10(8(2)15(3)14-7)13-11(16)9(12)5-6-17-4/h9H,5-6,12H2,1-4H3,(H,13,16)/t9-/m0/s1. The van der Waals surface area contributed by atoms with Gasteiger partial charge in [-0.1, -0.05) is 0 Å². The monoisotopic (exact) mass is 256 g/mol. The number of nitrogens with one attached hydrogen (secondary N) is 1. The number of aromatic nitrogens is 2. The molecular formula is C11H20N4OS. The minimum absolute atomic E-state index is 0.141. The first-order valence-corrected chi connectivity index (χ1v) is 6.92. The number of aryl methyl sites for hydroxylation is 2. The number of thioether (sulfide) groups is 1. The van der Waals surface area contributed by atoms with E-state index < -0.39 is 6.04 Å². The van der Waals surface area contributed by atoms with Crippen molar-refractivity contribution in [1.82, 2.24) is 9.78 Å². The van der Waals surface area contributed by atoms with E-state index in [0.717, 1.165) is 22.8 Å². The lowest BCUT2D eigenvalue weighted by molar-refractivity contribution is -0.117. The molecule has 0 aliphatic heterocycles. The molecule has 1 amide bonds. The predicted molar refractivity (Wildman–Crippen MR) is 72.3 cm³/mol. The number of nitrogens with zero attached hydrogens (tertiary/aromatic N) is 2. The maximum Gasteiger partial charge on any atom is 0.241 e. The fourth-order valence-electron chi connectivity index (χ4n) is 1.55. The van der Waals surface area contributed by atoms with E-state index >= 15 is 0 Å². The maximum atomic E-state index is 11.8. The third kappa shape index (κ3) is 3.47.